The van der Waals surface area contributed by atoms with E-state index in [2.05, 4.69) is 32.9 Å². The van der Waals surface area contributed by atoms with E-state index in [1.165, 1.54) is 5.01 Å². The predicted octanol–water partition coefficient (Wildman–Crippen LogP) is 3.19. The van der Waals surface area contributed by atoms with Gasteiger partial charge in [-0.15, -0.1) is 35.3 Å². The molecular weight excluding hydrogens is 439 g/mol. The summed E-state index contributed by atoms with van der Waals surface area (Å²) in [4.78, 5) is 8.73. The van der Waals surface area contributed by atoms with Crippen LogP contribution in [-0.4, -0.2) is 31.1 Å². The quantitative estimate of drug-likeness (QED) is 0.258. The van der Waals surface area contributed by atoms with Gasteiger partial charge in [0.2, 0.25) is 0 Å². The smallest absolute Gasteiger partial charge is 0.191 e. The van der Waals surface area contributed by atoms with Gasteiger partial charge in [0.05, 0.1) is 23.5 Å². The highest BCUT2D eigenvalue weighted by Crippen LogP contribution is 2.09. The summed E-state index contributed by atoms with van der Waals surface area (Å²) in [6.45, 7) is 4.80. The van der Waals surface area contributed by atoms with Crippen molar-refractivity contribution in [2.24, 2.45) is 4.99 Å². The van der Waals surface area contributed by atoms with E-state index >= 15 is 0 Å². The van der Waals surface area contributed by atoms with E-state index in [4.69, 9.17) is 9.15 Å². The molecule has 0 saturated carbocycles. The molecule has 2 aromatic heterocycles. The maximum absolute atomic E-state index is 5.54. The minimum atomic E-state index is 0. The van der Waals surface area contributed by atoms with Crippen LogP contribution in [0.2, 0.25) is 0 Å². The second-order valence-corrected chi connectivity index (χ2v) is 5.87. The molecule has 2 aromatic rings. The van der Waals surface area contributed by atoms with Crippen molar-refractivity contribution in [3.8, 4) is 0 Å². The molecule has 2 rings (SSSR count). The zero-order chi connectivity index (χ0) is 16.3. The van der Waals surface area contributed by atoms with Gasteiger partial charge in [-0.1, -0.05) is 6.92 Å². The summed E-state index contributed by atoms with van der Waals surface area (Å²) in [6.07, 6.45) is 3.54. The lowest BCUT2D eigenvalue weighted by molar-refractivity contribution is 0.105. The summed E-state index contributed by atoms with van der Waals surface area (Å²) < 4.78 is 10.7. The van der Waals surface area contributed by atoms with Crippen LogP contribution in [0.5, 0.6) is 0 Å². The maximum Gasteiger partial charge on any atom is 0.191 e. The highest BCUT2D eigenvalue weighted by atomic mass is 127. The van der Waals surface area contributed by atoms with Gasteiger partial charge in [0.15, 0.2) is 5.96 Å². The number of furan rings is 1. The zero-order valence-electron chi connectivity index (χ0n) is 14.1. The van der Waals surface area contributed by atoms with Crippen LogP contribution in [-0.2, 0) is 24.3 Å². The fourth-order valence-corrected chi connectivity index (χ4v) is 2.68. The Kier molecular flexibility index (Phi) is 10.7. The van der Waals surface area contributed by atoms with E-state index in [-0.39, 0.29) is 24.0 Å². The number of aryl methyl sites for hydroxylation is 1. The van der Waals surface area contributed by atoms with E-state index in [9.17, 15) is 0 Å². The number of nitrogens with zero attached hydrogens (tertiary/aromatic N) is 2. The van der Waals surface area contributed by atoms with Crippen LogP contribution in [0.3, 0.4) is 0 Å². The molecule has 0 amide bonds. The molecule has 0 saturated heterocycles. The lowest BCUT2D eigenvalue weighted by Gasteiger charge is -2.11. The summed E-state index contributed by atoms with van der Waals surface area (Å²) in [5.74, 6) is 1.63. The Labute approximate surface area is 164 Å². The van der Waals surface area contributed by atoms with Gasteiger partial charge in [-0.2, -0.15) is 0 Å². The first kappa shape index (κ1) is 20.9. The number of aromatic nitrogens is 1. The van der Waals surface area contributed by atoms with E-state index in [1.54, 1.807) is 24.6 Å². The van der Waals surface area contributed by atoms with Crippen LogP contribution in [0.25, 0.3) is 0 Å². The zero-order valence-corrected chi connectivity index (χ0v) is 17.2. The number of aliphatic imine (C=N–C) groups is 1. The van der Waals surface area contributed by atoms with Crippen LogP contribution >= 0.6 is 35.3 Å². The molecule has 2 heterocycles. The highest BCUT2D eigenvalue weighted by molar-refractivity contribution is 14.0. The van der Waals surface area contributed by atoms with Crippen molar-refractivity contribution < 1.29 is 9.15 Å². The Hall–Kier alpha value is -1.13. The molecule has 0 radical (unpaired) electrons. The first-order chi connectivity index (χ1) is 11.3. The molecule has 0 unspecified atom stereocenters. The number of halogens is 1. The van der Waals surface area contributed by atoms with Gasteiger partial charge in [0, 0.05) is 25.6 Å². The molecule has 24 heavy (non-hydrogen) atoms. The second-order valence-electron chi connectivity index (χ2n) is 4.92. The summed E-state index contributed by atoms with van der Waals surface area (Å²) in [6, 6.07) is 3.77. The number of ether oxygens (including phenoxy) is 1. The maximum atomic E-state index is 5.54. The molecule has 8 heteroatoms. The first-order valence-corrected chi connectivity index (χ1v) is 8.67. The minimum Gasteiger partial charge on any atom is -0.467 e. The number of guanidine groups is 1. The molecule has 0 aromatic carbocycles. The van der Waals surface area contributed by atoms with Gasteiger partial charge in [0.1, 0.15) is 12.4 Å². The Morgan fingerprint density at radius 1 is 1.42 bits per heavy atom. The summed E-state index contributed by atoms with van der Waals surface area (Å²) in [5.41, 5.74) is 1.05. The SMILES string of the molecule is CCc1nc(CNC(=NC)NCCCOCc2ccco2)cs1.I. The van der Waals surface area contributed by atoms with E-state index in [1.807, 2.05) is 12.1 Å². The lowest BCUT2D eigenvalue weighted by Crippen LogP contribution is -2.37. The predicted molar refractivity (Wildman–Crippen MR) is 108 cm³/mol. The van der Waals surface area contributed by atoms with Crippen molar-refractivity contribution in [3.63, 3.8) is 0 Å². The molecule has 0 atom stereocenters. The molecule has 0 aliphatic heterocycles. The van der Waals surface area contributed by atoms with Gasteiger partial charge < -0.3 is 19.8 Å². The van der Waals surface area contributed by atoms with E-state index in [0.29, 0.717) is 19.8 Å². The van der Waals surface area contributed by atoms with Gasteiger partial charge in [0.25, 0.3) is 0 Å². The Morgan fingerprint density at radius 2 is 2.29 bits per heavy atom. The van der Waals surface area contributed by atoms with E-state index < -0.39 is 0 Å². The molecule has 0 bridgehead atoms. The molecule has 0 aliphatic carbocycles. The topological polar surface area (TPSA) is 71.7 Å². The number of hydrogen-bond donors (Lipinski definition) is 2. The van der Waals surface area contributed by atoms with Crippen molar-refractivity contribution >= 4 is 41.3 Å². The Bertz CT molecular complexity index is 587. The molecule has 134 valence electrons. The van der Waals surface area contributed by atoms with Crippen molar-refractivity contribution in [3.05, 3.63) is 40.2 Å². The third-order valence-electron chi connectivity index (χ3n) is 3.14. The monoisotopic (exact) mass is 464 g/mol. The molecule has 0 spiro atoms. The Balaban J connectivity index is 0.00000288. The molecule has 0 aliphatic rings. The van der Waals surface area contributed by atoms with Crippen molar-refractivity contribution in [2.45, 2.75) is 32.9 Å². The molecule has 0 fully saturated rings. The van der Waals surface area contributed by atoms with Crippen LogP contribution < -0.4 is 10.6 Å². The normalized spacial score (nSPS) is 11.2. The van der Waals surface area contributed by atoms with Crippen LogP contribution in [0.15, 0.2) is 33.2 Å². The van der Waals surface area contributed by atoms with Crippen LogP contribution in [0.4, 0.5) is 0 Å². The van der Waals surface area contributed by atoms with Crippen molar-refractivity contribution in [1.82, 2.24) is 15.6 Å². The Morgan fingerprint density at radius 3 is 2.96 bits per heavy atom. The third kappa shape index (κ3) is 7.63. The third-order valence-corrected chi connectivity index (χ3v) is 4.19. The first-order valence-electron chi connectivity index (χ1n) is 7.79. The van der Waals surface area contributed by atoms with Gasteiger partial charge in [-0.3, -0.25) is 4.99 Å². The van der Waals surface area contributed by atoms with Crippen LogP contribution in [0.1, 0.15) is 29.8 Å². The average molecular weight is 464 g/mol. The number of nitrogens with one attached hydrogen (secondary N) is 2. The fraction of sp³-hybridized carbons (Fsp3) is 0.500. The minimum absolute atomic E-state index is 0. The lowest BCUT2D eigenvalue weighted by atomic mass is 10.4. The summed E-state index contributed by atoms with van der Waals surface area (Å²) in [5, 5.41) is 9.78. The van der Waals surface area contributed by atoms with Crippen LogP contribution in [0, 0.1) is 0 Å². The van der Waals surface area contributed by atoms with E-state index in [0.717, 1.165) is 36.8 Å². The van der Waals surface area contributed by atoms with Crippen molar-refractivity contribution in [2.75, 3.05) is 20.2 Å². The number of rotatable bonds is 9. The average Bonchev–Trinajstić information content (AvgIpc) is 3.25. The number of thiazole rings is 1. The molecular formula is C16H25IN4O2S. The summed E-state index contributed by atoms with van der Waals surface area (Å²) >= 11 is 1.70. The van der Waals surface area contributed by atoms with Gasteiger partial charge >= 0.3 is 0 Å². The highest BCUT2D eigenvalue weighted by Gasteiger charge is 2.02. The van der Waals surface area contributed by atoms with Gasteiger partial charge in [-0.25, -0.2) is 4.98 Å². The number of hydrogen-bond acceptors (Lipinski definition) is 5. The fourth-order valence-electron chi connectivity index (χ4n) is 1.94. The molecule has 6 nitrogen and oxygen atoms in total. The summed E-state index contributed by atoms with van der Waals surface area (Å²) in [7, 11) is 1.77. The van der Waals surface area contributed by atoms with Gasteiger partial charge in [-0.05, 0) is 25.0 Å². The standard InChI is InChI=1S/C16H24N4O2S.HI/c1-3-15-20-13(12-23-15)10-19-16(17-2)18-7-5-8-21-11-14-6-4-9-22-14;/h4,6,9,12H,3,5,7-8,10-11H2,1-2H3,(H2,17,18,19);1H. The largest absolute Gasteiger partial charge is 0.467 e. The molecule has 2 N–H and O–H groups in total. The second kappa shape index (κ2) is 12.3. The van der Waals surface area contributed by atoms with Crippen molar-refractivity contribution in [1.29, 1.82) is 0 Å².